The molecular formula is C23H22O4. The highest BCUT2D eigenvalue weighted by molar-refractivity contribution is 6.09. The predicted molar refractivity (Wildman–Crippen MR) is 103 cm³/mol. The molecule has 0 aromatic heterocycles. The third-order valence-electron chi connectivity index (χ3n) is 4.90. The molecule has 0 heterocycles. The summed E-state index contributed by atoms with van der Waals surface area (Å²) in [6.07, 6.45) is 3.52. The third-order valence-corrected chi connectivity index (χ3v) is 4.90. The van der Waals surface area contributed by atoms with Crippen LogP contribution >= 0.6 is 0 Å². The summed E-state index contributed by atoms with van der Waals surface area (Å²) in [6.45, 7) is 7.24. The van der Waals surface area contributed by atoms with E-state index in [2.05, 4.69) is 13.2 Å². The molecule has 138 valence electrons. The van der Waals surface area contributed by atoms with Crippen LogP contribution < -0.4 is 0 Å². The number of carbonyl (C=O) groups excluding carboxylic acids is 2. The molecule has 1 atom stereocenters. The highest BCUT2D eigenvalue weighted by atomic mass is 16.6. The minimum absolute atomic E-state index is 0.0268. The molecule has 0 bridgehead atoms. The zero-order valence-electron chi connectivity index (χ0n) is 15.1. The van der Waals surface area contributed by atoms with E-state index in [-0.39, 0.29) is 13.2 Å². The zero-order chi connectivity index (χ0) is 19.3. The normalized spacial score (nSPS) is 16.8. The maximum atomic E-state index is 13.3. The van der Waals surface area contributed by atoms with Crippen molar-refractivity contribution < 1.29 is 19.1 Å². The van der Waals surface area contributed by atoms with E-state index in [4.69, 9.17) is 9.47 Å². The Bertz CT molecular complexity index is 830. The molecule has 1 aliphatic carbocycles. The Labute approximate surface area is 159 Å². The van der Waals surface area contributed by atoms with Crippen molar-refractivity contribution in [2.75, 3.05) is 13.2 Å². The molecule has 2 aromatic rings. The van der Waals surface area contributed by atoms with E-state index in [9.17, 15) is 9.59 Å². The fourth-order valence-electron chi connectivity index (χ4n) is 3.78. The predicted octanol–water partition coefficient (Wildman–Crippen LogP) is 3.72. The Balaban J connectivity index is 2.20. The summed E-state index contributed by atoms with van der Waals surface area (Å²) in [5.74, 6) is -1.64. The van der Waals surface area contributed by atoms with Gasteiger partial charge in [-0.1, -0.05) is 79.9 Å². The average Bonchev–Trinajstić information content (AvgIpc) is 3.07. The number of benzene rings is 2. The van der Waals surface area contributed by atoms with Crippen LogP contribution in [0.5, 0.6) is 0 Å². The second-order valence-electron chi connectivity index (χ2n) is 6.41. The first-order valence-corrected chi connectivity index (χ1v) is 8.85. The lowest BCUT2D eigenvalue weighted by Gasteiger charge is -2.32. The first-order valence-electron chi connectivity index (χ1n) is 8.85. The van der Waals surface area contributed by atoms with Gasteiger partial charge < -0.3 is 9.47 Å². The summed E-state index contributed by atoms with van der Waals surface area (Å²) in [6, 6.07) is 17.0. The fourth-order valence-corrected chi connectivity index (χ4v) is 3.78. The van der Waals surface area contributed by atoms with E-state index in [1.165, 1.54) is 12.2 Å². The quantitative estimate of drug-likeness (QED) is 0.428. The summed E-state index contributed by atoms with van der Waals surface area (Å²) in [5, 5.41) is 0. The van der Waals surface area contributed by atoms with Gasteiger partial charge in [0.2, 0.25) is 0 Å². The van der Waals surface area contributed by atoms with Gasteiger partial charge in [0.15, 0.2) is 5.41 Å². The molecule has 2 aromatic carbocycles. The Morgan fingerprint density at radius 3 is 2.07 bits per heavy atom. The first kappa shape index (κ1) is 18.6. The molecule has 3 rings (SSSR count). The lowest BCUT2D eigenvalue weighted by atomic mass is 9.71. The Hall–Kier alpha value is -3.14. The fraction of sp³-hybridized carbons (Fsp3) is 0.217. The summed E-state index contributed by atoms with van der Waals surface area (Å²) >= 11 is 0. The molecular weight excluding hydrogens is 340 g/mol. The molecule has 4 heteroatoms. The number of rotatable bonds is 7. The van der Waals surface area contributed by atoms with Crippen LogP contribution in [0.4, 0.5) is 0 Å². The maximum absolute atomic E-state index is 13.3. The van der Waals surface area contributed by atoms with Crippen molar-refractivity contribution in [2.45, 2.75) is 17.8 Å². The molecule has 0 radical (unpaired) electrons. The zero-order valence-corrected chi connectivity index (χ0v) is 15.1. The molecule has 4 nitrogen and oxygen atoms in total. The van der Waals surface area contributed by atoms with Gasteiger partial charge in [0, 0.05) is 5.92 Å². The van der Waals surface area contributed by atoms with Crippen molar-refractivity contribution >= 4 is 11.9 Å². The van der Waals surface area contributed by atoms with Gasteiger partial charge in [-0.25, -0.2) is 0 Å². The van der Waals surface area contributed by atoms with E-state index in [1.54, 1.807) is 0 Å². The van der Waals surface area contributed by atoms with Crippen molar-refractivity contribution in [2.24, 2.45) is 0 Å². The molecule has 1 aliphatic rings. The number of hydrogen-bond acceptors (Lipinski definition) is 4. The van der Waals surface area contributed by atoms with Crippen molar-refractivity contribution in [1.82, 2.24) is 0 Å². The Morgan fingerprint density at radius 1 is 0.926 bits per heavy atom. The van der Waals surface area contributed by atoms with Gasteiger partial charge in [-0.2, -0.15) is 0 Å². The smallest absolute Gasteiger partial charge is 0.329 e. The van der Waals surface area contributed by atoms with E-state index < -0.39 is 23.3 Å². The van der Waals surface area contributed by atoms with Crippen LogP contribution in [-0.4, -0.2) is 25.2 Å². The van der Waals surface area contributed by atoms with Crippen molar-refractivity contribution in [3.63, 3.8) is 0 Å². The summed E-state index contributed by atoms with van der Waals surface area (Å²) in [5.41, 5.74) is 0.920. The van der Waals surface area contributed by atoms with E-state index in [0.717, 1.165) is 11.1 Å². The molecule has 27 heavy (non-hydrogen) atoms. The summed E-state index contributed by atoms with van der Waals surface area (Å²) in [7, 11) is 0. The lowest BCUT2D eigenvalue weighted by molar-refractivity contribution is -0.165. The number of fused-ring (bicyclic) bond motifs is 1. The van der Waals surface area contributed by atoms with Crippen LogP contribution in [0, 0.1) is 0 Å². The second-order valence-corrected chi connectivity index (χ2v) is 6.41. The van der Waals surface area contributed by atoms with Crippen molar-refractivity contribution in [1.29, 1.82) is 0 Å². The molecule has 1 unspecified atom stereocenters. The largest absolute Gasteiger partial charge is 0.460 e. The van der Waals surface area contributed by atoms with Crippen LogP contribution in [0.2, 0.25) is 0 Å². The van der Waals surface area contributed by atoms with Gasteiger partial charge in [0.25, 0.3) is 0 Å². The van der Waals surface area contributed by atoms with Crippen LogP contribution in [0.25, 0.3) is 0 Å². The molecule has 0 fully saturated rings. The van der Waals surface area contributed by atoms with Crippen molar-refractivity contribution in [3.05, 3.63) is 96.6 Å². The van der Waals surface area contributed by atoms with E-state index in [1.807, 2.05) is 54.6 Å². The first-order chi connectivity index (χ1) is 13.2. The van der Waals surface area contributed by atoms with Gasteiger partial charge in [-0.05, 0) is 23.1 Å². The molecule has 0 aliphatic heterocycles. The average molecular weight is 362 g/mol. The number of hydrogen-bond donors (Lipinski definition) is 0. The van der Waals surface area contributed by atoms with Gasteiger partial charge in [-0.3, -0.25) is 9.59 Å². The van der Waals surface area contributed by atoms with Gasteiger partial charge in [-0.15, -0.1) is 0 Å². The SMILES string of the molecule is C=CCOC(=O)C1(C(=O)OCC=C)c2ccccc2CC1c1ccccc1. The molecule has 0 saturated heterocycles. The van der Waals surface area contributed by atoms with Gasteiger partial charge in [0.05, 0.1) is 0 Å². The van der Waals surface area contributed by atoms with Gasteiger partial charge >= 0.3 is 11.9 Å². The summed E-state index contributed by atoms with van der Waals surface area (Å²) in [4.78, 5) is 26.6. The van der Waals surface area contributed by atoms with Gasteiger partial charge in [0.1, 0.15) is 13.2 Å². The topological polar surface area (TPSA) is 52.6 Å². The maximum Gasteiger partial charge on any atom is 0.329 e. The Kier molecular flexibility index (Phi) is 5.55. The standard InChI is InChI=1S/C23H22O4/c1-3-14-26-21(24)23(22(25)27-15-4-2)19-13-9-8-12-18(19)16-20(23)17-10-6-5-7-11-17/h3-13,20H,1-2,14-16H2. The highest BCUT2D eigenvalue weighted by Gasteiger charge is 2.60. The van der Waals surface area contributed by atoms with Crippen LogP contribution in [-0.2, 0) is 30.9 Å². The van der Waals surface area contributed by atoms with Crippen LogP contribution in [0.1, 0.15) is 22.6 Å². The lowest BCUT2D eigenvalue weighted by Crippen LogP contribution is -2.48. The van der Waals surface area contributed by atoms with Crippen molar-refractivity contribution in [3.8, 4) is 0 Å². The van der Waals surface area contributed by atoms with Crippen LogP contribution in [0.15, 0.2) is 79.9 Å². The van der Waals surface area contributed by atoms with E-state index >= 15 is 0 Å². The monoisotopic (exact) mass is 362 g/mol. The molecule has 0 N–H and O–H groups in total. The molecule has 0 spiro atoms. The van der Waals surface area contributed by atoms with Crippen LogP contribution in [0.3, 0.4) is 0 Å². The van der Waals surface area contributed by atoms with E-state index in [0.29, 0.717) is 12.0 Å². The minimum atomic E-state index is -1.55. The number of carbonyl (C=O) groups is 2. The second kappa shape index (κ2) is 8.04. The minimum Gasteiger partial charge on any atom is -0.460 e. The number of ether oxygens (including phenoxy) is 2. The molecule has 0 saturated carbocycles. The highest BCUT2D eigenvalue weighted by Crippen LogP contribution is 2.50. The third kappa shape index (κ3) is 3.19. The number of esters is 2. The molecule has 0 amide bonds. The Morgan fingerprint density at radius 2 is 1.48 bits per heavy atom. The summed E-state index contributed by atoms with van der Waals surface area (Å²) < 4.78 is 10.8.